The van der Waals surface area contributed by atoms with E-state index in [1.165, 1.54) is 19.3 Å². The van der Waals surface area contributed by atoms with E-state index in [2.05, 4.69) is 16.3 Å². The summed E-state index contributed by atoms with van der Waals surface area (Å²) < 4.78 is 0. The fourth-order valence-corrected chi connectivity index (χ4v) is 3.73. The Hall–Kier alpha value is -1.84. The summed E-state index contributed by atoms with van der Waals surface area (Å²) in [6.07, 6.45) is 4.11. The van der Waals surface area contributed by atoms with E-state index < -0.39 is 0 Å². The number of piperidine rings is 1. The Bertz CT molecular complexity index is 683. The van der Waals surface area contributed by atoms with Gasteiger partial charge in [0.15, 0.2) is 0 Å². The van der Waals surface area contributed by atoms with Crippen LogP contribution in [-0.2, 0) is 11.2 Å². The first-order valence-electron chi connectivity index (χ1n) is 9.03. The molecule has 0 aromatic heterocycles. The summed E-state index contributed by atoms with van der Waals surface area (Å²) in [5.74, 6) is 0.0558. The molecule has 2 aromatic rings. The van der Waals surface area contributed by atoms with Crippen molar-refractivity contribution in [3.63, 3.8) is 0 Å². The van der Waals surface area contributed by atoms with Crippen LogP contribution in [0.3, 0.4) is 0 Å². The number of carbonyl (C=O) groups excluding carboxylic acids is 1. The van der Waals surface area contributed by atoms with E-state index in [0.717, 1.165) is 29.2 Å². The van der Waals surface area contributed by atoms with Crippen molar-refractivity contribution in [2.45, 2.75) is 31.7 Å². The number of carbonyl (C=O) groups is 1. The van der Waals surface area contributed by atoms with Crippen LogP contribution in [0.25, 0.3) is 0 Å². The SMILES string of the molecule is O=C(Cc1ccccc1)NC[C@H](c1ccccc1Cl)N1CCCCC1. The van der Waals surface area contributed by atoms with Gasteiger partial charge in [-0.25, -0.2) is 0 Å². The summed E-state index contributed by atoms with van der Waals surface area (Å²) in [5.41, 5.74) is 2.14. The molecule has 1 amide bonds. The van der Waals surface area contributed by atoms with Gasteiger partial charge in [0.25, 0.3) is 0 Å². The molecule has 4 heteroatoms. The molecule has 1 N–H and O–H groups in total. The van der Waals surface area contributed by atoms with E-state index in [4.69, 9.17) is 11.6 Å². The lowest BCUT2D eigenvalue weighted by Gasteiger charge is -2.35. The summed E-state index contributed by atoms with van der Waals surface area (Å²) in [7, 11) is 0. The summed E-state index contributed by atoms with van der Waals surface area (Å²) in [6.45, 7) is 2.71. The van der Waals surface area contributed by atoms with Crippen LogP contribution in [0.2, 0.25) is 5.02 Å². The van der Waals surface area contributed by atoms with E-state index in [0.29, 0.717) is 13.0 Å². The van der Waals surface area contributed by atoms with Gasteiger partial charge in [-0.1, -0.05) is 66.6 Å². The predicted molar refractivity (Wildman–Crippen MR) is 103 cm³/mol. The van der Waals surface area contributed by atoms with Crippen LogP contribution in [0.4, 0.5) is 0 Å². The second-order valence-corrected chi connectivity index (χ2v) is 7.01. The maximum absolute atomic E-state index is 12.4. The molecule has 1 aliphatic rings. The van der Waals surface area contributed by atoms with Crippen LogP contribution in [0.15, 0.2) is 54.6 Å². The van der Waals surface area contributed by atoms with E-state index in [9.17, 15) is 4.79 Å². The number of rotatable bonds is 6. The lowest BCUT2D eigenvalue weighted by atomic mass is 10.0. The Kier molecular flexibility index (Phi) is 6.48. The summed E-state index contributed by atoms with van der Waals surface area (Å²) in [5, 5.41) is 3.89. The van der Waals surface area contributed by atoms with Crippen molar-refractivity contribution in [3.05, 3.63) is 70.7 Å². The monoisotopic (exact) mass is 356 g/mol. The minimum absolute atomic E-state index is 0.0558. The minimum atomic E-state index is 0.0558. The van der Waals surface area contributed by atoms with Crippen LogP contribution in [0.5, 0.6) is 0 Å². The van der Waals surface area contributed by atoms with E-state index in [1.807, 2.05) is 48.5 Å². The third-order valence-corrected chi connectivity index (χ3v) is 5.14. The van der Waals surface area contributed by atoms with Crippen molar-refractivity contribution in [3.8, 4) is 0 Å². The van der Waals surface area contributed by atoms with E-state index in [1.54, 1.807) is 0 Å². The maximum Gasteiger partial charge on any atom is 0.224 e. The van der Waals surface area contributed by atoms with Crippen LogP contribution in [0.1, 0.15) is 36.4 Å². The number of nitrogens with one attached hydrogen (secondary N) is 1. The van der Waals surface area contributed by atoms with Crippen molar-refractivity contribution in [2.24, 2.45) is 0 Å². The third kappa shape index (κ3) is 5.07. The second kappa shape index (κ2) is 9.02. The van der Waals surface area contributed by atoms with Gasteiger partial charge in [-0.2, -0.15) is 0 Å². The second-order valence-electron chi connectivity index (χ2n) is 6.60. The Morgan fingerprint density at radius 3 is 2.40 bits per heavy atom. The molecule has 132 valence electrons. The number of nitrogens with zero attached hydrogens (tertiary/aromatic N) is 1. The molecule has 0 radical (unpaired) electrons. The number of hydrogen-bond acceptors (Lipinski definition) is 2. The van der Waals surface area contributed by atoms with Gasteiger partial charge in [0.05, 0.1) is 12.5 Å². The van der Waals surface area contributed by atoms with Crippen molar-refractivity contribution < 1.29 is 4.79 Å². The normalized spacial score (nSPS) is 16.4. The van der Waals surface area contributed by atoms with Crippen LogP contribution < -0.4 is 5.32 Å². The molecule has 1 atom stereocenters. The van der Waals surface area contributed by atoms with Gasteiger partial charge >= 0.3 is 0 Å². The average Bonchev–Trinajstić information content (AvgIpc) is 2.65. The standard InChI is InChI=1S/C21H25ClN2O/c22-19-12-6-5-11-18(19)20(24-13-7-2-8-14-24)16-23-21(25)15-17-9-3-1-4-10-17/h1,3-6,9-12,20H,2,7-8,13-16H2,(H,23,25)/t20-/m1/s1. The summed E-state index contributed by atoms with van der Waals surface area (Å²) >= 11 is 6.44. The van der Waals surface area contributed by atoms with Crippen LogP contribution >= 0.6 is 11.6 Å². The first kappa shape index (κ1) is 18.0. The fraction of sp³-hybridized carbons (Fsp3) is 0.381. The fourth-order valence-electron chi connectivity index (χ4n) is 3.47. The minimum Gasteiger partial charge on any atom is -0.354 e. The Labute approximate surface area is 155 Å². The highest BCUT2D eigenvalue weighted by Gasteiger charge is 2.24. The molecule has 1 saturated heterocycles. The zero-order chi connectivity index (χ0) is 17.5. The number of benzene rings is 2. The van der Waals surface area contributed by atoms with Crippen LogP contribution in [-0.4, -0.2) is 30.4 Å². The van der Waals surface area contributed by atoms with Gasteiger partial charge < -0.3 is 5.32 Å². The van der Waals surface area contributed by atoms with Gasteiger partial charge in [0.2, 0.25) is 5.91 Å². The molecular weight excluding hydrogens is 332 g/mol. The highest BCUT2D eigenvalue weighted by Crippen LogP contribution is 2.29. The van der Waals surface area contributed by atoms with Gasteiger partial charge in [0.1, 0.15) is 0 Å². The molecule has 0 bridgehead atoms. The Morgan fingerprint density at radius 1 is 1.00 bits per heavy atom. The lowest BCUT2D eigenvalue weighted by molar-refractivity contribution is -0.120. The van der Waals surface area contributed by atoms with Gasteiger partial charge in [0, 0.05) is 11.6 Å². The average molecular weight is 357 g/mol. The molecule has 3 rings (SSSR count). The molecule has 3 nitrogen and oxygen atoms in total. The first-order chi connectivity index (χ1) is 12.2. The van der Waals surface area contributed by atoms with Crippen molar-refractivity contribution in [1.82, 2.24) is 10.2 Å². The first-order valence-corrected chi connectivity index (χ1v) is 9.41. The highest BCUT2D eigenvalue weighted by molar-refractivity contribution is 6.31. The zero-order valence-corrected chi connectivity index (χ0v) is 15.2. The van der Waals surface area contributed by atoms with E-state index in [-0.39, 0.29) is 11.9 Å². The number of hydrogen-bond donors (Lipinski definition) is 1. The smallest absolute Gasteiger partial charge is 0.224 e. The third-order valence-electron chi connectivity index (χ3n) is 4.80. The topological polar surface area (TPSA) is 32.3 Å². The highest BCUT2D eigenvalue weighted by atomic mass is 35.5. The largest absolute Gasteiger partial charge is 0.354 e. The molecule has 25 heavy (non-hydrogen) atoms. The Morgan fingerprint density at radius 2 is 1.68 bits per heavy atom. The molecule has 2 aromatic carbocycles. The van der Waals surface area contributed by atoms with E-state index >= 15 is 0 Å². The predicted octanol–water partition coefficient (Wildman–Crippen LogP) is 4.23. The lowest BCUT2D eigenvalue weighted by Crippen LogP contribution is -2.41. The molecule has 1 aliphatic heterocycles. The zero-order valence-electron chi connectivity index (χ0n) is 14.5. The quantitative estimate of drug-likeness (QED) is 0.840. The molecular formula is C21H25ClN2O. The molecule has 1 heterocycles. The van der Waals surface area contributed by atoms with Crippen molar-refractivity contribution in [1.29, 1.82) is 0 Å². The number of amides is 1. The van der Waals surface area contributed by atoms with Crippen LogP contribution in [0, 0.1) is 0 Å². The Balaban J connectivity index is 1.67. The van der Waals surface area contributed by atoms with Crippen molar-refractivity contribution in [2.75, 3.05) is 19.6 Å². The van der Waals surface area contributed by atoms with Gasteiger partial charge in [-0.3, -0.25) is 9.69 Å². The molecule has 0 saturated carbocycles. The summed E-state index contributed by atoms with van der Waals surface area (Å²) in [6, 6.07) is 18.0. The van der Waals surface area contributed by atoms with Gasteiger partial charge in [-0.05, 0) is 43.1 Å². The van der Waals surface area contributed by atoms with Gasteiger partial charge in [-0.15, -0.1) is 0 Å². The summed E-state index contributed by atoms with van der Waals surface area (Å²) in [4.78, 5) is 14.8. The molecule has 0 unspecified atom stereocenters. The number of halogens is 1. The number of likely N-dealkylation sites (tertiary alicyclic amines) is 1. The maximum atomic E-state index is 12.4. The van der Waals surface area contributed by atoms with Crippen molar-refractivity contribution >= 4 is 17.5 Å². The molecule has 0 aliphatic carbocycles. The molecule has 0 spiro atoms. The molecule has 1 fully saturated rings.